The van der Waals surface area contributed by atoms with E-state index in [1.165, 1.54) is 0 Å². The Balaban J connectivity index is 3.87. The van der Waals surface area contributed by atoms with E-state index < -0.39 is 31.6 Å². The summed E-state index contributed by atoms with van der Waals surface area (Å²) in [4.78, 5) is 10.8. The van der Waals surface area contributed by atoms with Crippen LogP contribution in [0.15, 0.2) is 0 Å². The van der Waals surface area contributed by atoms with Crippen LogP contribution in [0.1, 0.15) is 26.2 Å². The van der Waals surface area contributed by atoms with E-state index in [2.05, 4.69) is 0 Å². The van der Waals surface area contributed by atoms with Gasteiger partial charge >= 0.3 is 0 Å². The Hall–Kier alpha value is -0.260. The fourth-order valence-corrected chi connectivity index (χ4v) is 1.67. The molecule has 0 radical (unpaired) electrons. The first-order chi connectivity index (χ1) is 6.94. The summed E-state index contributed by atoms with van der Waals surface area (Å²) in [6.07, 6.45) is -3.72. The molecule has 0 aromatic heterocycles. The molecule has 15 heavy (non-hydrogen) atoms. The summed E-state index contributed by atoms with van der Waals surface area (Å²) in [6.45, 7) is 0.520. The zero-order valence-electron chi connectivity index (χ0n) is 8.44. The van der Waals surface area contributed by atoms with Crippen molar-refractivity contribution in [2.45, 2.75) is 38.3 Å². The normalized spacial score (nSPS) is 13.9. The Morgan fingerprint density at radius 2 is 2.07 bits per heavy atom. The smallest absolute Gasteiger partial charge is 0.279 e. The summed E-state index contributed by atoms with van der Waals surface area (Å²) in [5.74, 6) is -3.67. The van der Waals surface area contributed by atoms with E-state index in [1.807, 2.05) is 0 Å². The van der Waals surface area contributed by atoms with Gasteiger partial charge in [0.25, 0.3) is 5.92 Å². The first-order valence-corrected chi connectivity index (χ1v) is 5.66. The number of rotatable bonds is 7. The van der Waals surface area contributed by atoms with Gasteiger partial charge in [-0.25, -0.2) is 13.2 Å². The zero-order valence-corrected chi connectivity index (χ0v) is 9.26. The van der Waals surface area contributed by atoms with Crippen LogP contribution in [-0.2, 0) is 4.79 Å². The SMILES string of the molecule is CCC(=O)SCCC(F)(F)C(F)CCF. The van der Waals surface area contributed by atoms with Crippen LogP contribution in [0.3, 0.4) is 0 Å². The number of thioether (sulfide) groups is 1. The molecule has 6 heteroatoms. The van der Waals surface area contributed by atoms with Crippen LogP contribution >= 0.6 is 11.8 Å². The standard InChI is InChI=1S/C9H14F4OS/c1-2-8(14)15-6-4-9(12,13)7(11)3-5-10/h7H,2-6H2,1H3. The molecule has 0 spiro atoms. The molecule has 0 aliphatic heterocycles. The number of hydrogen-bond donors (Lipinski definition) is 0. The first-order valence-electron chi connectivity index (χ1n) is 4.67. The van der Waals surface area contributed by atoms with Gasteiger partial charge in [0.15, 0.2) is 11.3 Å². The molecule has 0 aromatic carbocycles. The predicted octanol–water partition coefficient (Wildman–Crippen LogP) is 3.38. The van der Waals surface area contributed by atoms with E-state index in [0.717, 1.165) is 11.8 Å². The molecule has 0 N–H and O–H groups in total. The summed E-state index contributed by atoms with van der Waals surface area (Å²) in [6, 6.07) is 0. The highest BCUT2D eigenvalue weighted by Gasteiger charge is 2.39. The molecule has 0 aliphatic rings. The number of carbonyl (C=O) groups excluding carboxylic acids is 1. The van der Waals surface area contributed by atoms with Gasteiger partial charge in [-0.1, -0.05) is 18.7 Å². The van der Waals surface area contributed by atoms with E-state index in [-0.39, 0.29) is 17.3 Å². The van der Waals surface area contributed by atoms with E-state index in [0.29, 0.717) is 0 Å². The monoisotopic (exact) mass is 246 g/mol. The van der Waals surface area contributed by atoms with Crippen molar-refractivity contribution in [3.8, 4) is 0 Å². The molecular weight excluding hydrogens is 232 g/mol. The van der Waals surface area contributed by atoms with Crippen molar-refractivity contribution in [1.29, 1.82) is 0 Å². The second-order valence-corrected chi connectivity index (χ2v) is 4.18. The Morgan fingerprint density at radius 1 is 1.47 bits per heavy atom. The molecule has 90 valence electrons. The topological polar surface area (TPSA) is 17.1 Å². The van der Waals surface area contributed by atoms with Gasteiger partial charge in [0, 0.05) is 25.0 Å². The molecule has 0 fully saturated rings. The molecule has 1 nitrogen and oxygen atoms in total. The van der Waals surface area contributed by atoms with Gasteiger partial charge in [0.1, 0.15) is 0 Å². The fraction of sp³-hybridized carbons (Fsp3) is 0.889. The highest BCUT2D eigenvalue weighted by Crippen LogP contribution is 2.29. The molecule has 0 aromatic rings. The minimum atomic E-state index is -3.53. The molecule has 0 heterocycles. The predicted molar refractivity (Wildman–Crippen MR) is 52.8 cm³/mol. The number of alkyl halides is 4. The molecule has 0 bridgehead atoms. The Labute approximate surface area is 90.6 Å². The van der Waals surface area contributed by atoms with Crippen LogP contribution in [0, 0.1) is 0 Å². The van der Waals surface area contributed by atoms with Gasteiger partial charge in [0.2, 0.25) is 0 Å². The van der Waals surface area contributed by atoms with Crippen molar-refractivity contribution >= 4 is 16.9 Å². The van der Waals surface area contributed by atoms with Crippen molar-refractivity contribution in [2.24, 2.45) is 0 Å². The van der Waals surface area contributed by atoms with E-state index in [1.54, 1.807) is 6.92 Å². The lowest BCUT2D eigenvalue weighted by atomic mass is 10.1. The minimum Gasteiger partial charge on any atom is -0.287 e. The molecule has 0 aliphatic carbocycles. The number of halogens is 4. The van der Waals surface area contributed by atoms with E-state index in [9.17, 15) is 22.4 Å². The van der Waals surface area contributed by atoms with Crippen molar-refractivity contribution in [3.63, 3.8) is 0 Å². The molecule has 0 amide bonds. The highest BCUT2D eigenvalue weighted by molar-refractivity contribution is 8.13. The summed E-state index contributed by atoms with van der Waals surface area (Å²) in [5.41, 5.74) is 0. The van der Waals surface area contributed by atoms with Gasteiger partial charge in [0.05, 0.1) is 6.67 Å². The Bertz CT molecular complexity index is 199. The van der Waals surface area contributed by atoms with Crippen molar-refractivity contribution in [2.75, 3.05) is 12.4 Å². The van der Waals surface area contributed by atoms with Gasteiger partial charge < -0.3 is 0 Å². The van der Waals surface area contributed by atoms with Crippen LogP contribution in [-0.4, -0.2) is 29.6 Å². The minimum absolute atomic E-state index is 0.133. The summed E-state index contributed by atoms with van der Waals surface area (Å²) in [5, 5.41) is -0.202. The molecular formula is C9H14F4OS. The van der Waals surface area contributed by atoms with Gasteiger partial charge in [-0.3, -0.25) is 9.18 Å². The summed E-state index contributed by atoms with van der Waals surface area (Å²) in [7, 11) is 0. The Kier molecular flexibility index (Phi) is 6.96. The quantitative estimate of drug-likeness (QED) is 0.640. The second kappa shape index (κ2) is 7.09. The summed E-state index contributed by atoms with van der Waals surface area (Å²) < 4.78 is 50.1. The van der Waals surface area contributed by atoms with Gasteiger partial charge in [-0.15, -0.1) is 0 Å². The lowest BCUT2D eigenvalue weighted by Gasteiger charge is -2.19. The average Bonchev–Trinajstić information content (AvgIpc) is 2.17. The van der Waals surface area contributed by atoms with Crippen molar-refractivity contribution in [3.05, 3.63) is 0 Å². The fourth-order valence-electron chi connectivity index (χ4n) is 0.867. The number of carbonyl (C=O) groups is 1. The number of hydrogen-bond acceptors (Lipinski definition) is 2. The Morgan fingerprint density at radius 3 is 2.53 bits per heavy atom. The third-order valence-electron chi connectivity index (χ3n) is 1.81. The van der Waals surface area contributed by atoms with E-state index >= 15 is 0 Å². The third-order valence-corrected chi connectivity index (χ3v) is 2.83. The maximum absolute atomic E-state index is 12.9. The zero-order chi connectivity index (χ0) is 11.9. The van der Waals surface area contributed by atoms with Crippen LogP contribution in [0.25, 0.3) is 0 Å². The largest absolute Gasteiger partial charge is 0.287 e. The molecule has 0 rings (SSSR count). The molecule has 0 saturated heterocycles. The van der Waals surface area contributed by atoms with Crippen LogP contribution in [0.5, 0.6) is 0 Å². The lowest BCUT2D eigenvalue weighted by molar-refractivity contribution is -0.110. The lowest BCUT2D eigenvalue weighted by Crippen LogP contribution is -2.31. The maximum Gasteiger partial charge on any atom is 0.279 e. The van der Waals surface area contributed by atoms with Crippen LogP contribution in [0.2, 0.25) is 0 Å². The maximum atomic E-state index is 12.9. The second-order valence-electron chi connectivity index (χ2n) is 3.03. The van der Waals surface area contributed by atoms with Crippen LogP contribution < -0.4 is 0 Å². The highest BCUT2D eigenvalue weighted by atomic mass is 32.2. The molecule has 1 unspecified atom stereocenters. The summed E-state index contributed by atoms with van der Waals surface area (Å²) >= 11 is 0.759. The molecule has 0 saturated carbocycles. The van der Waals surface area contributed by atoms with E-state index in [4.69, 9.17) is 0 Å². The van der Waals surface area contributed by atoms with Crippen molar-refractivity contribution < 1.29 is 22.4 Å². The average molecular weight is 246 g/mol. The molecule has 1 atom stereocenters. The first kappa shape index (κ1) is 14.7. The van der Waals surface area contributed by atoms with Gasteiger partial charge in [-0.05, 0) is 0 Å². The van der Waals surface area contributed by atoms with Crippen molar-refractivity contribution in [1.82, 2.24) is 0 Å². The third kappa shape index (κ3) is 6.02. The van der Waals surface area contributed by atoms with Gasteiger partial charge in [-0.2, -0.15) is 0 Å². The van der Waals surface area contributed by atoms with Crippen LogP contribution in [0.4, 0.5) is 17.6 Å².